The standard InChI is InChI=1S/C26H33Cl2N3O6S/c1-5-22(26(33)29-17(3)4)30(15-18-7-9-20(27)21(28)13-18)25(32)16-31(38(34,35)6-2)19-8-10-23-24(14-19)37-12-11-36-23/h7-10,13-14,17,22H,5-6,11-12,15-16H2,1-4H3,(H,29,33)/t22-/m1/s1. The lowest BCUT2D eigenvalue weighted by atomic mass is 10.1. The minimum absolute atomic E-state index is 0.0287. The molecule has 1 aliphatic heterocycles. The highest BCUT2D eigenvalue weighted by Gasteiger charge is 2.33. The van der Waals surface area contributed by atoms with Crippen molar-refractivity contribution in [2.75, 3.05) is 29.8 Å². The lowest BCUT2D eigenvalue weighted by Gasteiger charge is -2.33. The fourth-order valence-electron chi connectivity index (χ4n) is 4.04. The number of benzene rings is 2. The summed E-state index contributed by atoms with van der Waals surface area (Å²) in [5.74, 6) is -0.216. The van der Waals surface area contributed by atoms with Gasteiger partial charge >= 0.3 is 0 Å². The average Bonchev–Trinajstić information content (AvgIpc) is 2.88. The van der Waals surface area contributed by atoms with Crippen LogP contribution in [0.3, 0.4) is 0 Å². The molecule has 9 nitrogen and oxygen atoms in total. The van der Waals surface area contributed by atoms with Crippen LogP contribution >= 0.6 is 23.2 Å². The first-order valence-electron chi connectivity index (χ1n) is 12.4. The fraction of sp³-hybridized carbons (Fsp3) is 0.462. The van der Waals surface area contributed by atoms with Gasteiger partial charge in [0.15, 0.2) is 11.5 Å². The molecule has 208 valence electrons. The van der Waals surface area contributed by atoms with Crippen LogP contribution in [0.2, 0.25) is 10.0 Å². The van der Waals surface area contributed by atoms with Gasteiger partial charge in [0.05, 0.1) is 21.5 Å². The van der Waals surface area contributed by atoms with E-state index in [1.54, 1.807) is 43.3 Å². The third-order valence-electron chi connectivity index (χ3n) is 5.95. The second-order valence-electron chi connectivity index (χ2n) is 9.09. The number of amides is 2. The van der Waals surface area contributed by atoms with Crippen LogP contribution in [0, 0.1) is 0 Å². The Kier molecular flexibility index (Phi) is 10.1. The van der Waals surface area contributed by atoms with E-state index in [1.807, 2.05) is 13.8 Å². The number of fused-ring (bicyclic) bond motifs is 1. The maximum Gasteiger partial charge on any atom is 0.244 e. The Labute approximate surface area is 234 Å². The summed E-state index contributed by atoms with van der Waals surface area (Å²) in [6.07, 6.45) is 0.316. The topological polar surface area (TPSA) is 105 Å². The van der Waals surface area contributed by atoms with Gasteiger partial charge in [0.25, 0.3) is 0 Å². The van der Waals surface area contributed by atoms with E-state index in [0.29, 0.717) is 46.7 Å². The molecular weight excluding hydrogens is 553 g/mol. The Morgan fingerprint density at radius 1 is 1.00 bits per heavy atom. The van der Waals surface area contributed by atoms with E-state index in [9.17, 15) is 18.0 Å². The van der Waals surface area contributed by atoms with Crippen molar-refractivity contribution in [3.63, 3.8) is 0 Å². The number of ether oxygens (including phenoxy) is 2. The quantitative estimate of drug-likeness (QED) is 0.422. The maximum absolute atomic E-state index is 13.8. The Hall–Kier alpha value is -2.69. The van der Waals surface area contributed by atoms with E-state index >= 15 is 0 Å². The highest BCUT2D eigenvalue weighted by atomic mass is 35.5. The van der Waals surface area contributed by atoms with Gasteiger partial charge in [-0.1, -0.05) is 36.2 Å². The number of hydrogen-bond donors (Lipinski definition) is 1. The summed E-state index contributed by atoms with van der Waals surface area (Å²) in [7, 11) is -3.87. The Morgan fingerprint density at radius 2 is 1.68 bits per heavy atom. The van der Waals surface area contributed by atoms with Crippen LogP contribution in [0.5, 0.6) is 11.5 Å². The minimum atomic E-state index is -3.87. The fourth-order valence-corrected chi connectivity index (χ4v) is 5.42. The van der Waals surface area contributed by atoms with E-state index in [0.717, 1.165) is 4.31 Å². The molecule has 0 unspecified atom stereocenters. The van der Waals surface area contributed by atoms with Gasteiger partial charge < -0.3 is 19.7 Å². The van der Waals surface area contributed by atoms with Crippen molar-refractivity contribution >= 4 is 50.7 Å². The molecule has 0 bridgehead atoms. The molecule has 0 aliphatic carbocycles. The van der Waals surface area contributed by atoms with Crippen molar-refractivity contribution in [1.29, 1.82) is 0 Å². The smallest absolute Gasteiger partial charge is 0.244 e. The van der Waals surface area contributed by atoms with Crippen molar-refractivity contribution in [2.24, 2.45) is 0 Å². The Bertz CT molecular complexity index is 1270. The molecule has 2 amide bonds. The number of carbonyl (C=O) groups excluding carboxylic acids is 2. The van der Waals surface area contributed by atoms with E-state index in [-0.39, 0.29) is 29.9 Å². The molecule has 2 aromatic rings. The van der Waals surface area contributed by atoms with Gasteiger partial charge in [0.2, 0.25) is 21.8 Å². The van der Waals surface area contributed by atoms with Crippen molar-refractivity contribution in [1.82, 2.24) is 10.2 Å². The summed E-state index contributed by atoms with van der Waals surface area (Å²) in [6.45, 7) is 7.19. The van der Waals surface area contributed by atoms with Gasteiger partial charge in [-0.05, 0) is 57.0 Å². The second kappa shape index (κ2) is 12.9. The monoisotopic (exact) mass is 585 g/mol. The molecule has 1 N–H and O–H groups in total. The molecule has 3 rings (SSSR count). The second-order valence-corrected chi connectivity index (χ2v) is 12.1. The van der Waals surface area contributed by atoms with Crippen LogP contribution in [0.4, 0.5) is 5.69 Å². The molecule has 38 heavy (non-hydrogen) atoms. The third kappa shape index (κ3) is 7.24. The van der Waals surface area contributed by atoms with Gasteiger partial charge in [-0.2, -0.15) is 0 Å². The molecule has 1 aliphatic rings. The summed E-state index contributed by atoms with van der Waals surface area (Å²) in [5.41, 5.74) is 0.909. The molecule has 1 heterocycles. The third-order valence-corrected chi connectivity index (χ3v) is 8.43. The van der Waals surface area contributed by atoms with E-state index in [2.05, 4.69) is 5.32 Å². The number of rotatable bonds is 11. The zero-order valence-corrected chi connectivity index (χ0v) is 24.2. The van der Waals surface area contributed by atoms with Crippen molar-refractivity contribution in [2.45, 2.75) is 52.7 Å². The maximum atomic E-state index is 13.8. The molecule has 0 radical (unpaired) electrons. The van der Waals surface area contributed by atoms with Gasteiger partial charge in [-0.25, -0.2) is 8.42 Å². The summed E-state index contributed by atoms with van der Waals surface area (Å²) >= 11 is 12.3. The first-order valence-corrected chi connectivity index (χ1v) is 14.8. The number of nitrogens with zero attached hydrogens (tertiary/aromatic N) is 2. The summed E-state index contributed by atoms with van der Waals surface area (Å²) in [4.78, 5) is 28.3. The predicted octanol–water partition coefficient (Wildman–Crippen LogP) is 4.25. The van der Waals surface area contributed by atoms with Crippen LogP contribution in [0.25, 0.3) is 0 Å². The number of hydrogen-bond acceptors (Lipinski definition) is 6. The molecule has 12 heteroatoms. The van der Waals surface area contributed by atoms with Crippen molar-refractivity contribution in [3.05, 3.63) is 52.0 Å². The summed E-state index contributed by atoms with van der Waals surface area (Å²) in [6, 6.07) is 8.69. The number of carbonyl (C=O) groups is 2. The highest BCUT2D eigenvalue weighted by Crippen LogP contribution is 2.35. The van der Waals surface area contributed by atoms with Crippen LogP contribution in [-0.2, 0) is 26.2 Å². The molecule has 1 atom stereocenters. The zero-order valence-electron chi connectivity index (χ0n) is 21.9. The molecule has 2 aromatic carbocycles. The zero-order chi connectivity index (χ0) is 28.0. The van der Waals surface area contributed by atoms with Gasteiger partial charge in [-0.3, -0.25) is 13.9 Å². The molecule has 0 fully saturated rings. The lowest BCUT2D eigenvalue weighted by molar-refractivity contribution is -0.140. The van der Waals surface area contributed by atoms with Crippen molar-refractivity contribution in [3.8, 4) is 11.5 Å². The predicted molar refractivity (Wildman–Crippen MR) is 149 cm³/mol. The average molecular weight is 587 g/mol. The Morgan fingerprint density at radius 3 is 2.29 bits per heavy atom. The SMILES string of the molecule is CC[C@H](C(=O)NC(C)C)N(Cc1ccc(Cl)c(Cl)c1)C(=O)CN(c1ccc2c(c1)OCCO2)S(=O)(=O)CC. The summed E-state index contributed by atoms with van der Waals surface area (Å²) < 4.78 is 38.5. The largest absolute Gasteiger partial charge is 0.486 e. The van der Waals surface area contributed by atoms with Crippen molar-refractivity contribution < 1.29 is 27.5 Å². The van der Waals surface area contributed by atoms with Gasteiger partial charge in [0, 0.05) is 18.7 Å². The van der Waals surface area contributed by atoms with Crippen LogP contribution in [0.1, 0.15) is 39.7 Å². The number of anilines is 1. The highest BCUT2D eigenvalue weighted by molar-refractivity contribution is 7.92. The molecular formula is C26H33Cl2N3O6S. The number of sulfonamides is 1. The van der Waals surface area contributed by atoms with E-state index in [4.69, 9.17) is 32.7 Å². The van der Waals surface area contributed by atoms with Crippen LogP contribution in [-0.4, -0.2) is 62.7 Å². The summed E-state index contributed by atoms with van der Waals surface area (Å²) in [5, 5.41) is 3.52. The first kappa shape index (κ1) is 29.9. The minimum Gasteiger partial charge on any atom is -0.486 e. The number of halogens is 2. The molecule has 0 aromatic heterocycles. The molecule has 0 spiro atoms. The van der Waals surface area contributed by atoms with Gasteiger partial charge in [-0.15, -0.1) is 0 Å². The van der Waals surface area contributed by atoms with Gasteiger partial charge in [0.1, 0.15) is 25.8 Å². The van der Waals surface area contributed by atoms with Crippen LogP contribution < -0.4 is 19.1 Å². The normalized spacial score (nSPS) is 13.7. The molecule has 0 saturated heterocycles. The Balaban J connectivity index is 2.00. The number of nitrogens with one attached hydrogen (secondary N) is 1. The first-order chi connectivity index (χ1) is 18.0. The van der Waals surface area contributed by atoms with E-state index in [1.165, 1.54) is 11.8 Å². The van der Waals surface area contributed by atoms with Crippen LogP contribution in [0.15, 0.2) is 36.4 Å². The molecule has 0 saturated carbocycles. The lowest BCUT2D eigenvalue weighted by Crippen LogP contribution is -2.53. The van der Waals surface area contributed by atoms with E-state index < -0.39 is 28.5 Å².